The zero-order valence-corrected chi connectivity index (χ0v) is 14.4. The van der Waals surface area contributed by atoms with Crippen LogP contribution in [-0.4, -0.2) is 23.3 Å². The molecule has 0 aliphatic rings. The Bertz CT molecular complexity index is 790. The van der Waals surface area contributed by atoms with Crippen LogP contribution >= 0.6 is 0 Å². The Morgan fingerprint density at radius 1 is 1.04 bits per heavy atom. The van der Waals surface area contributed by atoms with Crippen molar-refractivity contribution in [3.8, 4) is 11.1 Å². The first-order valence-corrected chi connectivity index (χ1v) is 8.24. The molecule has 0 heterocycles. The third kappa shape index (κ3) is 5.26. The lowest BCUT2D eigenvalue weighted by Gasteiger charge is -2.26. The Hall–Kier alpha value is -2.48. The molecule has 146 valence electrons. The standard InChI is InChI=1S/C19H18F5NO2/c1-2-3-16(18(26)27)25-17(19(22,23)24)12-6-4-11(5-7-12)13-8-9-14(20)15(21)10-13/h4-10,16-17,25H,2-3H2,1H3,(H,26,27). The fourth-order valence-electron chi connectivity index (χ4n) is 2.69. The van der Waals surface area contributed by atoms with Gasteiger partial charge in [-0.2, -0.15) is 13.2 Å². The molecule has 2 aromatic rings. The van der Waals surface area contributed by atoms with E-state index in [9.17, 15) is 26.7 Å². The molecule has 0 fully saturated rings. The fourth-order valence-corrected chi connectivity index (χ4v) is 2.69. The molecule has 2 N–H and O–H groups in total. The van der Waals surface area contributed by atoms with Gasteiger partial charge in [-0.15, -0.1) is 0 Å². The molecule has 0 aromatic heterocycles. The molecule has 2 rings (SSSR count). The van der Waals surface area contributed by atoms with Gasteiger partial charge in [0.2, 0.25) is 0 Å². The average Bonchev–Trinajstić information content (AvgIpc) is 2.60. The maximum Gasteiger partial charge on any atom is 0.407 e. The summed E-state index contributed by atoms with van der Waals surface area (Å²) in [6.07, 6.45) is -4.25. The van der Waals surface area contributed by atoms with E-state index in [1.54, 1.807) is 6.92 Å². The number of hydrogen-bond donors (Lipinski definition) is 2. The van der Waals surface area contributed by atoms with Crippen LogP contribution in [-0.2, 0) is 4.79 Å². The molecule has 0 spiro atoms. The second kappa shape index (κ2) is 8.47. The van der Waals surface area contributed by atoms with Crippen molar-refractivity contribution >= 4 is 5.97 Å². The summed E-state index contributed by atoms with van der Waals surface area (Å²) in [4.78, 5) is 11.2. The second-order valence-electron chi connectivity index (χ2n) is 6.07. The van der Waals surface area contributed by atoms with Crippen LogP contribution in [0.25, 0.3) is 11.1 Å². The van der Waals surface area contributed by atoms with E-state index in [0.29, 0.717) is 17.5 Å². The van der Waals surface area contributed by atoms with Crippen LogP contribution in [0.15, 0.2) is 42.5 Å². The highest BCUT2D eigenvalue weighted by atomic mass is 19.4. The minimum absolute atomic E-state index is 0.0504. The predicted octanol–water partition coefficient (Wildman–Crippen LogP) is 5.08. The van der Waals surface area contributed by atoms with Gasteiger partial charge >= 0.3 is 12.1 Å². The van der Waals surface area contributed by atoms with E-state index in [2.05, 4.69) is 5.32 Å². The van der Waals surface area contributed by atoms with Gasteiger partial charge in [-0.05, 0) is 35.2 Å². The number of carboxylic acid groups (broad SMARTS) is 1. The molecule has 0 aliphatic carbocycles. The maximum absolute atomic E-state index is 13.4. The minimum atomic E-state index is -4.70. The lowest BCUT2D eigenvalue weighted by Crippen LogP contribution is -2.44. The SMILES string of the molecule is CCCC(NC(c1ccc(-c2ccc(F)c(F)c2)cc1)C(F)(F)F)C(=O)O. The van der Waals surface area contributed by atoms with Crippen molar-refractivity contribution in [2.75, 3.05) is 0 Å². The molecule has 0 saturated carbocycles. The number of nitrogens with one attached hydrogen (secondary N) is 1. The van der Waals surface area contributed by atoms with E-state index in [1.165, 1.54) is 30.3 Å². The van der Waals surface area contributed by atoms with Gasteiger partial charge in [-0.3, -0.25) is 10.1 Å². The highest BCUT2D eigenvalue weighted by molar-refractivity contribution is 5.73. The fraction of sp³-hybridized carbons (Fsp3) is 0.316. The Morgan fingerprint density at radius 3 is 2.11 bits per heavy atom. The van der Waals surface area contributed by atoms with Crippen molar-refractivity contribution in [3.05, 3.63) is 59.7 Å². The second-order valence-corrected chi connectivity index (χ2v) is 6.07. The number of carbonyl (C=O) groups is 1. The number of alkyl halides is 3. The third-order valence-electron chi connectivity index (χ3n) is 4.07. The largest absolute Gasteiger partial charge is 0.480 e. The molecular weight excluding hydrogens is 369 g/mol. The average molecular weight is 387 g/mol. The molecule has 0 radical (unpaired) electrons. The molecule has 8 heteroatoms. The number of halogens is 5. The number of aliphatic carboxylic acids is 1. The van der Waals surface area contributed by atoms with Crippen LogP contribution in [0.1, 0.15) is 31.4 Å². The molecule has 3 nitrogen and oxygen atoms in total. The van der Waals surface area contributed by atoms with Crippen LogP contribution in [0.3, 0.4) is 0 Å². The van der Waals surface area contributed by atoms with Crippen LogP contribution in [0.5, 0.6) is 0 Å². The monoisotopic (exact) mass is 387 g/mol. The Balaban J connectivity index is 2.31. The quantitative estimate of drug-likeness (QED) is 0.652. The zero-order chi connectivity index (χ0) is 20.2. The van der Waals surface area contributed by atoms with Crippen LogP contribution in [0.2, 0.25) is 0 Å². The highest BCUT2D eigenvalue weighted by Gasteiger charge is 2.42. The van der Waals surface area contributed by atoms with Crippen LogP contribution in [0.4, 0.5) is 22.0 Å². The first kappa shape index (κ1) is 20.8. The van der Waals surface area contributed by atoms with E-state index in [1.807, 2.05) is 0 Å². The van der Waals surface area contributed by atoms with Crippen molar-refractivity contribution in [3.63, 3.8) is 0 Å². The van der Waals surface area contributed by atoms with E-state index >= 15 is 0 Å². The molecule has 2 atom stereocenters. The summed E-state index contributed by atoms with van der Waals surface area (Å²) < 4.78 is 66.7. The molecule has 0 bridgehead atoms. The minimum Gasteiger partial charge on any atom is -0.480 e. The number of hydrogen-bond acceptors (Lipinski definition) is 2. The van der Waals surface area contributed by atoms with E-state index in [-0.39, 0.29) is 12.0 Å². The van der Waals surface area contributed by atoms with Crippen LogP contribution in [0, 0.1) is 11.6 Å². The summed E-state index contributed by atoms with van der Waals surface area (Å²) in [5.41, 5.74) is 0.546. The summed E-state index contributed by atoms with van der Waals surface area (Å²) >= 11 is 0. The van der Waals surface area contributed by atoms with Gasteiger partial charge in [0.05, 0.1) is 0 Å². The van der Waals surface area contributed by atoms with E-state index in [0.717, 1.165) is 12.1 Å². The Morgan fingerprint density at radius 2 is 1.63 bits per heavy atom. The van der Waals surface area contributed by atoms with Gasteiger partial charge in [-0.25, -0.2) is 8.78 Å². The van der Waals surface area contributed by atoms with Gasteiger partial charge in [0.1, 0.15) is 12.1 Å². The topological polar surface area (TPSA) is 49.3 Å². The number of benzene rings is 2. The van der Waals surface area contributed by atoms with Crippen molar-refractivity contribution in [2.24, 2.45) is 0 Å². The van der Waals surface area contributed by atoms with E-state index < -0.39 is 35.9 Å². The summed E-state index contributed by atoms with van der Waals surface area (Å²) in [6, 6.07) is 4.76. The number of rotatable bonds is 7. The summed E-state index contributed by atoms with van der Waals surface area (Å²) in [5, 5.41) is 11.3. The molecule has 0 amide bonds. The van der Waals surface area contributed by atoms with Gasteiger partial charge in [0, 0.05) is 0 Å². The molecule has 2 unspecified atom stereocenters. The van der Waals surface area contributed by atoms with Crippen molar-refractivity contribution in [1.82, 2.24) is 5.32 Å². The van der Waals surface area contributed by atoms with Crippen molar-refractivity contribution in [1.29, 1.82) is 0 Å². The summed E-state index contributed by atoms with van der Waals surface area (Å²) in [7, 11) is 0. The maximum atomic E-state index is 13.4. The van der Waals surface area contributed by atoms with E-state index in [4.69, 9.17) is 5.11 Å². The molecule has 0 aliphatic heterocycles. The van der Waals surface area contributed by atoms with Crippen molar-refractivity contribution < 1.29 is 31.9 Å². The molecular formula is C19H18F5NO2. The normalized spacial score (nSPS) is 14.0. The van der Waals surface area contributed by atoms with Gasteiger partial charge in [-0.1, -0.05) is 43.7 Å². The Kier molecular flexibility index (Phi) is 6.54. The number of carboxylic acids is 1. The lowest BCUT2D eigenvalue weighted by atomic mass is 9.99. The van der Waals surface area contributed by atoms with Gasteiger partial charge in [0.25, 0.3) is 0 Å². The zero-order valence-electron chi connectivity index (χ0n) is 14.4. The Labute approximate surface area is 152 Å². The lowest BCUT2D eigenvalue weighted by molar-refractivity contribution is -0.163. The first-order valence-electron chi connectivity index (χ1n) is 8.24. The predicted molar refractivity (Wildman–Crippen MR) is 90.1 cm³/mol. The summed E-state index contributed by atoms with van der Waals surface area (Å²) in [6.45, 7) is 1.68. The summed E-state index contributed by atoms with van der Waals surface area (Å²) in [5.74, 6) is -3.44. The van der Waals surface area contributed by atoms with Crippen LogP contribution < -0.4 is 5.32 Å². The smallest absolute Gasteiger partial charge is 0.407 e. The molecule has 2 aromatic carbocycles. The van der Waals surface area contributed by atoms with Gasteiger partial charge in [0.15, 0.2) is 11.6 Å². The van der Waals surface area contributed by atoms with Crippen molar-refractivity contribution in [2.45, 2.75) is 38.0 Å². The first-order chi connectivity index (χ1) is 12.6. The molecule has 0 saturated heterocycles. The van der Waals surface area contributed by atoms with Gasteiger partial charge < -0.3 is 5.11 Å². The molecule has 27 heavy (non-hydrogen) atoms. The highest BCUT2D eigenvalue weighted by Crippen LogP contribution is 2.34. The third-order valence-corrected chi connectivity index (χ3v) is 4.07.